The van der Waals surface area contributed by atoms with Crippen molar-refractivity contribution in [1.82, 2.24) is 8.87 Å². The lowest BCUT2D eigenvalue weighted by Crippen LogP contribution is -2.31. The SMILES string of the molecule is CCCCN(CC)S(=O)(=O)c1ccc(C(=O)N=c2sc3c(Cl)ccc(Cl)c3n2CC)cc1. The van der Waals surface area contributed by atoms with E-state index in [4.69, 9.17) is 23.2 Å². The molecule has 0 unspecified atom stereocenters. The van der Waals surface area contributed by atoms with E-state index in [1.165, 1.54) is 39.9 Å². The van der Waals surface area contributed by atoms with Crippen molar-refractivity contribution >= 4 is 60.7 Å². The van der Waals surface area contributed by atoms with E-state index in [0.717, 1.165) is 23.1 Å². The Hall–Kier alpha value is -1.71. The largest absolute Gasteiger partial charge is 0.315 e. The lowest BCUT2D eigenvalue weighted by molar-refractivity contribution is 0.0997. The average molecular weight is 515 g/mol. The molecular formula is C22H25Cl2N3O3S2. The molecule has 0 saturated heterocycles. The van der Waals surface area contributed by atoms with E-state index in [9.17, 15) is 13.2 Å². The lowest BCUT2D eigenvalue weighted by atomic mass is 10.2. The van der Waals surface area contributed by atoms with Crippen molar-refractivity contribution in [1.29, 1.82) is 0 Å². The first-order chi connectivity index (χ1) is 15.2. The molecule has 172 valence electrons. The molecule has 0 N–H and O–H groups in total. The highest BCUT2D eigenvalue weighted by Crippen LogP contribution is 2.31. The lowest BCUT2D eigenvalue weighted by Gasteiger charge is -2.20. The summed E-state index contributed by atoms with van der Waals surface area (Å²) in [5.74, 6) is -0.465. The fourth-order valence-electron chi connectivity index (χ4n) is 3.34. The molecule has 0 bridgehead atoms. The Balaban J connectivity index is 1.96. The van der Waals surface area contributed by atoms with Crippen molar-refractivity contribution < 1.29 is 13.2 Å². The fourth-order valence-corrected chi connectivity index (χ4v) is 6.54. The summed E-state index contributed by atoms with van der Waals surface area (Å²) in [6, 6.07) is 9.34. The van der Waals surface area contributed by atoms with Crippen LogP contribution in [0.1, 0.15) is 44.0 Å². The van der Waals surface area contributed by atoms with Crippen LogP contribution < -0.4 is 4.80 Å². The molecule has 0 spiro atoms. The molecule has 6 nitrogen and oxygen atoms in total. The van der Waals surface area contributed by atoms with Crippen LogP contribution in [0.5, 0.6) is 0 Å². The molecule has 0 aliphatic heterocycles. The number of aryl methyl sites for hydroxylation is 1. The number of thiazole rings is 1. The summed E-state index contributed by atoms with van der Waals surface area (Å²) in [5.41, 5.74) is 1.05. The van der Waals surface area contributed by atoms with E-state index in [1.807, 2.05) is 25.3 Å². The molecule has 1 aromatic heterocycles. The first-order valence-corrected chi connectivity index (χ1v) is 13.4. The predicted octanol–water partition coefficient (Wildman–Crippen LogP) is 5.58. The van der Waals surface area contributed by atoms with Gasteiger partial charge >= 0.3 is 0 Å². The molecule has 0 aliphatic carbocycles. The zero-order valence-corrected chi connectivity index (χ0v) is 21.3. The highest BCUT2D eigenvalue weighted by molar-refractivity contribution is 7.89. The summed E-state index contributed by atoms with van der Waals surface area (Å²) >= 11 is 13.9. The number of fused-ring (bicyclic) bond motifs is 1. The first-order valence-electron chi connectivity index (χ1n) is 10.4. The number of amides is 1. The fraction of sp³-hybridized carbons (Fsp3) is 0.364. The minimum absolute atomic E-state index is 0.163. The Morgan fingerprint density at radius 1 is 1.06 bits per heavy atom. The van der Waals surface area contributed by atoms with Gasteiger partial charge in [-0.25, -0.2) is 8.42 Å². The second-order valence-electron chi connectivity index (χ2n) is 7.13. The van der Waals surface area contributed by atoms with Crippen LogP contribution in [0.4, 0.5) is 0 Å². The summed E-state index contributed by atoms with van der Waals surface area (Å²) in [4.78, 5) is 17.7. The van der Waals surface area contributed by atoms with Crippen LogP contribution in [0, 0.1) is 0 Å². The van der Waals surface area contributed by atoms with Gasteiger partial charge in [-0.2, -0.15) is 9.30 Å². The molecule has 0 aliphatic rings. The van der Waals surface area contributed by atoms with E-state index in [0.29, 0.717) is 40.0 Å². The number of halogens is 2. The number of rotatable bonds is 8. The summed E-state index contributed by atoms with van der Waals surface area (Å²) in [5, 5.41) is 1.08. The second-order valence-corrected chi connectivity index (χ2v) is 10.9. The normalized spacial score (nSPS) is 12.8. The van der Waals surface area contributed by atoms with Crippen molar-refractivity contribution in [2.75, 3.05) is 13.1 Å². The van der Waals surface area contributed by atoms with Gasteiger partial charge < -0.3 is 4.57 Å². The van der Waals surface area contributed by atoms with Gasteiger partial charge in [-0.1, -0.05) is 54.8 Å². The highest BCUT2D eigenvalue weighted by Gasteiger charge is 2.23. The van der Waals surface area contributed by atoms with Crippen LogP contribution in [-0.4, -0.2) is 36.3 Å². The molecule has 0 radical (unpaired) electrons. The van der Waals surface area contributed by atoms with Crippen molar-refractivity contribution in [2.45, 2.75) is 45.1 Å². The van der Waals surface area contributed by atoms with Gasteiger partial charge in [-0.05, 0) is 49.7 Å². The predicted molar refractivity (Wildman–Crippen MR) is 131 cm³/mol. The molecular weight excluding hydrogens is 489 g/mol. The highest BCUT2D eigenvalue weighted by atomic mass is 35.5. The summed E-state index contributed by atoms with van der Waals surface area (Å²) < 4.78 is 29.8. The molecule has 3 aromatic rings. The Morgan fingerprint density at radius 3 is 2.31 bits per heavy atom. The van der Waals surface area contributed by atoms with E-state index >= 15 is 0 Å². The third-order valence-corrected chi connectivity index (χ3v) is 8.93. The Bertz CT molecular complexity index is 1300. The Kier molecular flexibility index (Phi) is 8.16. The average Bonchev–Trinajstić information content (AvgIpc) is 3.16. The molecule has 0 atom stereocenters. The molecule has 2 aromatic carbocycles. The molecule has 1 amide bonds. The van der Waals surface area contributed by atoms with Crippen molar-refractivity contribution in [3.63, 3.8) is 0 Å². The van der Waals surface area contributed by atoms with E-state index in [1.54, 1.807) is 12.1 Å². The van der Waals surface area contributed by atoms with Gasteiger partial charge in [0.15, 0.2) is 4.80 Å². The number of benzene rings is 2. The standard InChI is InChI=1S/C22H25Cl2N3O3S2/c1-4-7-14-26(5-2)32(29,30)16-10-8-15(9-11-16)21(28)25-22-27(6-3)19-17(23)12-13-18(24)20(19)31-22/h8-13H,4-7,14H2,1-3H3. The van der Waals surface area contributed by atoms with Gasteiger partial charge in [0.1, 0.15) is 0 Å². The summed E-state index contributed by atoms with van der Waals surface area (Å²) in [6.45, 7) is 7.20. The smallest absolute Gasteiger partial charge is 0.279 e. The van der Waals surface area contributed by atoms with Gasteiger partial charge in [-0.3, -0.25) is 4.79 Å². The van der Waals surface area contributed by atoms with Crippen LogP contribution in [-0.2, 0) is 16.6 Å². The van der Waals surface area contributed by atoms with Gasteiger partial charge in [-0.15, -0.1) is 0 Å². The molecule has 0 saturated carbocycles. The van der Waals surface area contributed by atoms with Crippen LogP contribution in [0.3, 0.4) is 0 Å². The van der Waals surface area contributed by atoms with Gasteiger partial charge in [0.2, 0.25) is 10.0 Å². The maximum absolute atomic E-state index is 12.9. The van der Waals surface area contributed by atoms with Crippen molar-refractivity contribution in [3.05, 3.63) is 56.8 Å². The molecule has 32 heavy (non-hydrogen) atoms. The molecule has 0 fully saturated rings. The monoisotopic (exact) mass is 513 g/mol. The number of sulfonamides is 1. The van der Waals surface area contributed by atoms with E-state index in [2.05, 4.69) is 4.99 Å². The molecule has 1 heterocycles. The van der Waals surface area contributed by atoms with E-state index < -0.39 is 15.9 Å². The third kappa shape index (κ3) is 4.94. The van der Waals surface area contributed by atoms with Gasteiger partial charge in [0.25, 0.3) is 5.91 Å². The van der Waals surface area contributed by atoms with Crippen molar-refractivity contribution in [2.24, 2.45) is 4.99 Å². The number of hydrogen-bond donors (Lipinski definition) is 0. The quantitative estimate of drug-likeness (QED) is 0.394. The zero-order valence-electron chi connectivity index (χ0n) is 18.1. The second kappa shape index (κ2) is 10.5. The van der Waals surface area contributed by atoms with Crippen LogP contribution >= 0.6 is 34.5 Å². The number of nitrogens with zero attached hydrogens (tertiary/aromatic N) is 3. The first kappa shape index (κ1) is 24.9. The summed E-state index contributed by atoms with van der Waals surface area (Å²) in [6.07, 6.45) is 1.70. The number of hydrogen-bond acceptors (Lipinski definition) is 4. The van der Waals surface area contributed by atoms with Crippen LogP contribution in [0.15, 0.2) is 46.3 Å². The minimum Gasteiger partial charge on any atom is -0.315 e. The summed E-state index contributed by atoms with van der Waals surface area (Å²) in [7, 11) is -3.60. The number of carbonyl (C=O) groups is 1. The Morgan fingerprint density at radius 2 is 1.72 bits per heavy atom. The number of unbranched alkanes of at least 4 members (excludes halogenated alkanes) is 1. The molecule has 3 rings (SSSR count). The minimum atomic E-state index is -3.60. The van der Waals surface area contributed by atoms with Gasteiger partial charge in [0.05, 0.1) is 25.2 Å². The maximum Gasteiger partial charge on any atom is 0.279 e. The van der Waals surface area contributed by atoms with Crippen LogP contribution in [0.25, 0.3) is 10.2 Å². The number of aromatic nitrogens is 1. The third-order valence-electron chi connectivity index (χ3n) is 5.09. The Labute approximate surface area is 202 Å². The van der Waals surface area contributed by atoms with Gasteiger partial charge in [0, 0.05) is 25.2 Å². The van der Waals surface area contributed by atoms with Crippen LogP contribution in [0.2, 0.25) is 10.0 Å². The maximum atomic E-state index is 12.9. The topological polar surface area (TPSA) is 71.7 Å². The number of carbonyl (C=O) groups excluding carboxylic acids is 1. The van der Waals surface area contributed by atoms with Crippen molar-refractivity contribution in [3.8, 4) is 0 Å². The zero-order chi connectivity index (χ0) is 23.5. The molecule has 10 heteroatoms. The van der Waals surface area contributed by atoms with E-state index in [-0.39, 0.29) is 4.90 Å².